The fourth-order valence-electron chi connectivity index (χ4n) is 2.89. The SMILES string of the molecule is CC/C=C\C[C@@H](C/C=C1/C(=O)C=C[C@@H]1CC(=O)N(C)OC)O[Si](C)(C)C(C)(C)C. The lowest BCUT2D eigenvalue weighted by atomic mass is 9.96. The van der Waals surface area contributed by atoms with Crippen LogP contribution >= 0.6 is 0 Å². The van der Waals surface area contributed by atoms with Crippen molar-refractivity contribution in [2.45, 2.75) is 77.6 Å². The van der Waals surface area contributed by atoms with E-state index in [0.29, 0.717) is 12.0 Å². The second-order valence-corrected chi connectivity index (χ2v) is 13.9. The van der Waals surface area contributed by atoms with Gasteiger partial charge in [0.1, 0.15) is 0 Å². The van der Waals surface area contributed by atoms with Crippen molar-refractivity contribution in [3.8, 4) is 0 Å². The summed E-state index contributed by atoms with van der Waals surface area (Å²) in [6, 6.07) is 0. The molecule has 0 radical (unpaired) electrons. The Morgan fingerprint density at radius 3 is 2.48 bits per heavy atom. The second kappa shape index (κ2) is 11.0. The highest BCUT2D eigenvalue weighted by Gasteiger charge is 2.39. The first-order valence-electron chi connectivity index (χ1n) is 10.5. The third kappa shape index (κ3) is 7.68. The molecule has 0 saturated heterocycles. The topological polar surface area (TPSA) is 55.8 Å². The molecule has 29 heavy (non-hydrogen) atoms. The van der Waals surface area contributed by atoms with Gasteiger partial charge in [-0.05, 0) is 43.5 Å². The lowest BCUT2D eigenvalue weighted by Crippen LogP contribution is -2.43. The second-order valence-electron chi connectivity index (χ2n) is 9.12. The zero-order chi connectivity index (χ0) is 22.2. The van der Waals surface area contributed by atoms with Gasteiger partial charge in [-0.3, -0.25) is 14.4 Å². The first-order chi connectivity index (χ1) is 13.4. The molecule has 0 heterocycles. The van der Waals surface area contributed by atoms with E-state index in [4.69, 9.17) is 9.26 Å². The van der Waals surface area contributed by atoms with Gasteiger partial charge in [0.25, 0.3) is 0 Å². The highest BCUT2D eigenvalue weighted by atomic mass is 28.4. The molecule has 164 valence electrons. The number of allylic oxidation sites excluding steroid dienone is 4. The van der Waals surface area contributed by atoms with E-state index in [2.05, 4.69) is 52.9 Å². The molecule has 0 aromatic carbocycles. The zero-order valence-corrected chi connectivity index (χ0v) is 20.5. The molecule has 0 aromatic rings. The highest BCUT2D eigenvalue weighted by molar-refractivity contribution is 6.74. The Bertz CT molecular complexity index is 658. The summed E-state index contributed by atoms with van der Waals surface area (Å²) >= 11 is 0. The van der Waals surface area contributed by atoms with Crippen LogP contribution in [0.4, 0.5) is 0 Å². The smallest absolute Gasteiger partial charge is 0.246 e. The first-order valence-corrected chi connectivity index (χ1v) is 13.4. The lowest BCUT2D eigenvalue weighted by molar-refractivity contribution is -0.169. The van der Waals surface area contributed by atoms with Gasteiger partial charge in [-0.25, -0.2) is 5.06 Å². The Labute approximate surface area is 177 Å². The summed E-state index contributed by atoms with van der Waals surface area (Å²) < 4.78 is 6.63. The largest absolute Gasteiger partial charge is 0.413 e. The predicted molar refractivity (Wildman–Crippen MR) is 121 cm³/mol. The zero-order valence-electron chi connectivity index (χ0n) is 19.5. The molecule has 0 saturated carbocycles. The quantitative estimate of drug-likeness (QED) is 0.210. The van der Waals surface area contributed by atoms with Crippen molar-refractivity contribution >= 4 is 20.0 Å². The van der Waals surface area contributed by atoms with E-state index in [0.717, 1.165) is 12.8 Å². The van der Waals surface area contributed by atoms with Gasteiger partial charge >= 0.3 is 0 Å². The van der Waals surface area contributed by atoms with Gasteiger partial charge in [0, 0.05) is 25.0 Å². The van der Waals surface area contributed by atoms with Crippen LogP contribution in [0.5, 0.6) is 0 Å². The van der Waals surface area contributed by atoms with E-state index in [9.17, 15) is 9.59 Å². The summed E-state index contributed by atoms with van der Waals surface area (Å²) in [5.41, 5.74) is 0.686. The van der Waals surface area contributed by atoms with Crippen LogP contribution in [0.15, 0.2) is 36.0 Å². The Kier molecular flexibility index (Phi) is 9.72. The maximum absolute atomic E-state index is 12.4. The summed E-state index contributed by atoms with van der Waals surface area (Å²) in [5, 5.41) is 1.32. The monoisotopic (exact) mass is 421 g/mol. The molecule has 0 N–H and O–H groups in total. The minimum atomic E-state index is -1.93. The van der Waals surface area contributed by atoms with Crippen LogP contribution in [0, 0.1) is 5.92 Å². The standard InChI is InChI=1S/C23H39NO4Si/c1-9-10-11-12-19(28-29(7,8)23(2,3)4)14-15-20-18(13-16-21(20)25)17-22(26)24(5)27-6/h10-11,13,15-16,18-19H,9,12,14,17H2,1-8H3/b11-10-,20-15+/t18-,19+/m1/s1. The third-order valence-corrected chi connectivity index (χ3v) is 10.4. The molecule has 0 spiro atoms. The van der Waals surface area contributed by atoms with E-state index < -0.39 is 8.32 Å². The molecule has 0 unspecified atom stereocenters. The van der Waals surface area contributed by atoms with Crippen molar-refractivity contribution in [3.63, 3.8) is 0 Å². The molecule has 5 nitrogen and oxygen atoms in total. The molecule has 1 rings (SSSR count). The summed E-state index contributed by atoms with van der Waals surface area (Å²) in [6.07, 6.45) is 12.4. The van der Waals surface area contributed by atoms with E-state index in [1.54, 1.807) is 13.1 Å². The van der Waals surface area contributed by atoms with Gasteiger partial charge in [-0.1, -0.05) is 52.0 Å². The van der Waals surface area contributed by atoms with E-state index in [1.807, 2.05) is 12.2 Å². The van der Waals surface area contributed by atoms with Crippen LogP contribution in [0.3, 0.4) is 0 Å². The number of hydrogen-bond acceptors (Lipinski definition) is 4. The Morgan fingerprint density at radius 1 is 1.28 bits per heavy atom. The van der Waals surface area contributed by atoms with Gasteiger partial charge in [0.15, 0.2) is 14.1 Å². The Hall–Kier alpha value is -1.50. The first kappa shape index (κ1) is 25.5. The predicted octanol–water partition coefficient (Wildman–Crippen LogP) is 5.21. The van der Waals surface area contributed by atoms with Gasteiger partial charge in [0.2, 0.25) is 5.91 Å². The number of hydrogen-bond donors (Lipinski definition) is 0. The van der Waals surface area contributed by atoms with Crippen molar-refractivity contribution < 1.29 is 18.9 Å². The van der Waals surface area contributed by atoms with Crippen LogP contribution in [-0.2, 0) is 18.9 Å². The third-order valence-electron chi connectivity index (χ3n) is 5.85. The van der Waals surface area contributed by atoms with Crippen LogP contribution < -0.4 is 0 Å². The molecule has 0 aliphatic heterocycles. The van der Waals surface area contributed by atoms with Gasteiger partial charge < -0.3 is 4.43 Å². The van der Waals surface area contributed by atoms with Gasteiger partial charge in [0.05, 0.1) is 13.2 Å². The van der Waals surface area contributed by atoms with Crippen molar-refractivity contribution in [2.24, 2.45) is 5.92 Å². The Balaban J connectivity index is 2.95. The van der Waals surface area contributed by atoms with Gasteiger partial charge in [-0.2, -0.15) is 0 Å². The van der Waals surface area contributed by atoms with Crippen molar-refractivity contribution in [1.82, 2.24) is 5.06 Å². The average molecular weight is 422 g/mol. The van der Waals surface area contributed by atoms with E-state index >= 15 is 0 Å². The summed E-state index contributed by atoms with van der Waals surface area (Å²) in [7, 11) is 1.11. The van der Waals surface area contributed by atoms with Crippen LogP contribution in [0.25, 0.3) is 0 Å². The number of carbonyl (C=O) groups excluding carboxylic acids is 2. The normalized spacial score (nSPS) is 20.1. The number of ketones is 1. The fraction of sp³-hybridized carbons (Fsp3) is 0.652. The van der Waals surface area contributed by atoms with Crippen molar-refractivity contribution in [1.29, 1.82) is 0 Å². The van der Waals surface area contributed by atoms with Crippen LogP contribution in [-0.4, -0.2) is 45.3 Å². The number of nitrogens with zero attached hydrogens (tertiary/aromatic N) is 1. The van der Waals surface area contributed by atoms with E-state index in [-0.39, 0.29) is 35.2 Å². The Morgan fingerprint density at radius 2 is 1.93 bits per heavy atom. The number of amides is 1. The van der Waals surface area contributed by atoms with Crippen molar-refractivity contribution in [2.75, 3.05) is 14.2 Å². The maximum atomic E-state index is 12.4. The molecule has 1 aliphatic rings. The molecular formula is C23H39NO4Si. The molecule has 0 bridgehead atoms. The molecule has 1 amide bonds. The average Bonchev–Trinajstić information content (AvgIpc) is 2.97. The summed E-state index contributed by atoms with van der Waals surface area (Å²) in [6.45, 7) is 13.3. The molecular weight excluding hydrogens is 382 g/mol. The number of carbonyl (C=O) groups is 2. The number of hydroxylamine groups is 2. The van der Waals surface area contributed by atoms with Crippen LogP contribution in [0.1, 0.15) is 53.4 Å². The maximum Gasteiger partial charge on any atom is 0.246 e. The van der Waals surface area contributed by atoms with Gasteiger partial charge in [-0.15, -0.1) is 0 Å². The summed E-state index contributed by atoms with van der Waals surface area (Å²) in [5.74, 6) is -0.368. The fourth-order valence-corrected chi connectivity index (χ4v) is 4.27. The van der Waals surface area contributed by atoms with Crippen LogP contribution in [0.2, 0.25) is 18.1 Å². The molecule has 2 atom stereocenters. The summed E-state index contributed by atoms with van der Waals surface area (Å²) in [4.78, 5) is 29.5. The van der Waals surface area contributed by atoms with E-state index in [1.165, 1.54) is 12.2 Å². The highest BCUT2D eigenvalue weighted by Crippen LogP contribution is 2.38. The molecule has 0 fully saturated rings. The minimum Gasteiger partial charge on any atom is -0.413 e. The number of rotatable bonds is 10. The van der Waals surface area contributed by atoms with Crippen molar-refractivity contribution in [3.05, 3.63) is 36.0 Å². The molecule has 0 aromatic heterocycles. The molecule has 1 aliphatic carbocycles. The molecule has 6 heteroatoms. The lowest BCUT2D eigenvalue weighted by Gasteiger charge is -2.39. The minimum absolute atomic E-state index is 0.0157.